The molecule has 0 aromatic heterocycles. The number of imide groups is 1. The van der Waals surface area contributed by atoms with Gasteiger partial charge in [0.25, 0.3) is 0 Å². The molecule has 2 amide bonds. The van der Waals surface area contributed by atoms with Crippen molar-refractivity contribution in [2.75, 3.05) is 4.90 Å². The molecule has 5 heteroatoms. The molecule has 136 valence electrons. The highest BCUT2D eigenvalue weighted by molar-refractivity contribution is 6.21. The van der Waals surface area contributed by atoms with Crippen LogP contribution in [-0.4, -0.2) is 11.8 Å². The third kappa shape index (κ3) is 2.78. The topological polar surface area (TPSA) is 85.0 Å². The minimum absolute atomic E-state index is 0.0237. The fraction of sp³-hybridized carbons (Fsp3) is 0.217. The Morgan fingerprint density at radius 3 is 2.32 bits per heavy atom. The molecule has 0 bridgehead atoms. The Morgan fingerprint density at radius 2 is 1.61 bits per heavy atom. The van der Waals surface area contributed by atoms with Crippen molar-refractivity contribution in [2.45, 2.75) is 19.3 Å². The lowest BCUT2D eigenvalue weighted by molar-refractivity contribution is -0.122. The molecule has 4 rings (SSSR count). The number of nitrogens with zero attached hydrogens (tertiary/aromatic N) is 3. The predicted octanol–water partition coefficient (Wildman–Crippen LogP) is 3.63. The van der Waals surface area contributed by atoms with Crippen LogP contribution >= 0.6 is 0 Å². The minimum Gasteiger partial charge on any atom is -0.274 e. The van der Waals surface area contributed by atoms with E-state index in [2.05, 4.69) is 0 Å². The van der Waals surface area contributed by atoms with Crippen LogP contribution in [0.4, 0.5) is 5.69 Å². The van der Waals surface area contributed by atoms with Crippen molar-refractivity contribution < 1.29 is 9.59 Å². The number of amides is 2. The number of hydrogen-bond donors (Lipinski definition) is 0. The molecule has 1 aliphatic heterocycles. The first-order valence-electron chi connectivity index (χ1n) is 9.20. The summed E-state index contributed by atoms with van der Waals surface area (Å²) in [5, 5.41) is 19.0. The Morgan fingerprint density at radius 1 is 0.929 bits per heavy atom. The molecule has 2 aliphatic rings. The fourth-order valence-corrected chi connectivity index (χ4v) is 4.34. The number of anilines is 1. The third-order valence-electron chi connectivity index (χ3n) is 5.58. The number of nitriles is 2. The molecule has 0 spiro atoms. The molecule has 0 N–H and O–H groups in total. The SMILES string of the molecule is N#CC(C#N)=C1c2ccccc2CC[C@H]1C1CC(=O)N(c2ccccc2)C1=O. The maximum Gasteiger partial charge on any atom is 0.238 e. The molecule has 1 unspecified atom stereocenters. The smallest absolute Gasteiger partial charge is 0.238 e. The van der Waals surface area contributed by atoms with Crippen LogP contribution in [0, 0.1) is 34.5 Å². The van der Waals surface area contributed by atoms with E-state index in [4.69, 9.17) is 0 Å². The van der Waals surface area contributed by atoms with Gasteiger partial charge in [0.1, 0.15) is 17.7 Å². The first kappa shape index (κ1) is 17.7. The van der Waals surface area contributed by atoms with E-state index in [9.17, 15) is 20.1 Å². The molecule has 0 radical (unpaired) electrons. The number of fused-ring (bicyclic) bond motifs is 1. The molecule has 1 heterocycles. The Labute approximate surface area is 163 Å². The van der Waals surface area contributed by atoms with Crippen molar-refractivity contribution in [3.05, 3.63) is 71.3 Å². The van der Waals surface area contributed by atoms with E-state index in [1.54, 1.807) is 24.3 Å². The molecular weight excluding hydrogens is 350 g/mol. The molecule has 2 aromatic rings. The average Bonchev–Trinajstić information content (AvgIpc) is 3.03. The van der Waals surface area contributed by atoms with Crippen LogP contribution in [-0.2, 0) is 16.0 Å². The highest BCUT2D eigenvalue weighted by Gasteiger charge is 2.46. The molecule has 28 heavy (non-hydrogen) atoms. The second kappa shape index (κ2) is 7.13. The van der Waals surface area contributed by atoms with E-state index in [1.807, 2.05) is 42.5 Å². The molecule has 0 saturated carbocycles. The van der Waals surface area contributed by atoms with Crippen molar-refractivity contribution in [3.63, 3.8) is 0 Å². The first-order chi connectivity index (χ1) is 13.7. The van der Waals surface area contributed by atoms with E-state index in [0.717, 1.165) is 17.5 Å². The second-order valence-electron chi connectivity index (χ2n) is 7.03. The Hall–Kier alpha value is -3.70. The lowest BCUT2D eigenvalue weighted by atomic mass is 9.71. The zero-order valence-electron chi connectivity index (χ0n) is 15.1. The van der Waals surface area contributed by atoms with Crippen molar-refractivity contribution in [1.29, 1.82) is 10.5 Å². The quantitative estimate of drug-likeness (QED) is 0.599. The number of benzene rings is 2. The molecule has 1 saturated heterocycles. The summed E-state index contributed by atoms with van der Waals surface area (Å²) < 4.78 is 0. The highest BCUT2D eigenvalue weighted by Crippen LogP contribution is 2.45. The van der Waals surface area contributed by atoms with Gasteiger partial charge in [-0.2, -0.15) is 10.5 Å². The number of carbonyl (C=O) groups is 2. The summed E-state index contributed by atoms with van der Waals surface area (Å²) in [6.07, 6.45) is 1.47. The number of carbonyl (C=O) groups excluding carboxylic acids is 2. The molecule has 5 nitrogen and oxygen atoms in total. The molecule has 1 aliphatic carbocycles. The summed E-state index contributed by atoms with van der Waals surface area (Å²) in [6.45, 7) is 0. The van der Waals surface area contributed by atoms with Gasteiger partial charge in [0.15, 0.2) is 0 Å². The van der Waals surface area contributed by atoms with Gasteiger partial charge in [0.2, 0.25) is 11.8 Å². The summed E-state index contributed by atoms with van der Waals surface area (Å²) >= 11 is 0. The van der Waals surface area contributed by atoms with Crippen molar-refractivity contribution in [3.8, 4) is 12.1 Å². The summed E-state index contributed by atoms with van der Waals surface area (Å²) in [6, 6.07) is 20.5. The summed E-state index contributed by atoms with van der Waals surface area (Å²) in [5.41, 5.74) is 3.09. The van der Waals surface area contributed by atoms with E-state index in [0.29, 0.717) is 17.7 Å². The van der Waals surface area contributed by atoms with Crippen LogP contribution < -0.4 is 4.90 Å². The van der Waals surface area contributed by atoms with Crippen LogP contribution in [0.25, 0.3) is 5.57 Å². The zero-order chi connectivity index (χ0) is 19.7. The van der Waals surface area contributed by atoms with E-state index < -0.39 is 5.92 Å². The number of para-hydroxylation sites is 1. The summed E-state index contributed by atoms with van der Waals surface area (Å²) in [7, 11) is 0. The van der Waals surface area contributed by atoms with Crippen LogP contribution in [0.5, 0.6) is 0 Å². The van der Waals surface area contributed by atoms with Crippen molar-refractivity contribution in [2.24, 2.45) is 11.8 Å². The number of allylic oxidation sites excluding steroid dienone is 2. The lowest BCUT2D eigenvalue weighted by Crippen LogP contribution is -2.33. The maximum absolute atomic E-state index is 13.2. The van der Waals surface area contributed by atoms with Crippen LogP contribution in [0.1, 0.15) is 24.0 Å². The largest absolute Gasteiger partial charge is 0.274 e. The van der Waals surface area contributed by atoms with Gasteiger partial charge in [0, 0.05) is 6.42 Å². The summed E-state index contributed by atoms with van der Waals surface area (Å²) in [4.78, 5) is 27.1. The lowest BCUT2D eigenvalue weighted by Gasteiger charge is -2.31. The van der Waals surface area contributed by atoms with E-state index in [-0.39, 0.29) is 29.7 Å². The Balaban J connectivity index is 1.78. The average molecular weight is 367 g/mol. The van der Waals surface area contributed by atoms with E-state index in [1.165, 1.54) is 4.90 Å². The molecule has 2 aromatic carbocycles. The zero-order valence-corrected chi connectivity index (χ0v) is 15.1. The van der Waals surface area contributed by atoms with E-state index >= 15 is 0 Å². The van der Waals surface area contributed by atoms with Gasteiger partial charge in [-0.05, 0) is 47.6 Å². The molecule has 2 atom stereocenters. The molecule has 1 fully saturated rings. The number of hydrogen-bond acceptors (Lipinski definition) is 4. The maximum atomic E-state index is 13.2. The highest BCUT2D eigenvalue weighted by atomic mass is 16.2. The fourth-order valence-electron chi connectivity index (χ4n) is 4.34. The van der Waals surface area contributed by atoms with Gasteiger partial charge in [0.05, 0.1) is 11.6 Å². The van der Waals surface area contributed by atoms with Gasteiger partial charge in [-0.3, -0.25) is 14.5 Å². The standard InChI is InChI=1S/C23H17N3O2/c24-13-16(14-25)22-18-9-5-4-6-15(18)10-11-19(22)20-12-21(27)26(23(20)28)17-7-2-1-3-8-17/h1-9,19-20H,10-12H2/t19-,20?/m0/s1. The normalized spacial score (nSPS) is 21.1. The third-order valence-corrected chi connectivity index (χ3v) is 5.58. The second-order valence-corrected chi connectivity index (χ2v) is 7.03. The van der Waals surface area contributed by atoms with Gasteiger partial charge in [-0.25, -0.2) is 0 Å². The number of rotatable bonds is 2. The predicted molar refractivity (Wildman–Crippen MR) is 103 cm³/mol. The number of aryl methyl sites for hydroxylation is 1. The van der Waals surface area contributed by atoms with Crippen LogP contribution in [0.15, 0.2) is 60.2 Å². The Kier molecular flexibility index (Phi) is 4.51. The molecular formula is C23H17N3O2. The van der Waals surface area contributed by atoms with Crippen LogP contribution in [0.2, 0.25) is 0 Å². The van der Waals surface area contributed by atoms with Crippen molar-refractivity contribution >= 4 is 23.1 Å². The van der Waals surface area contributed by atoms with Gasteiger partial charge in [-0.1, -0.05) is 42.5 Å². The van der Waals surface area contributed by atoms with Crippen LogP contribution in [0.3, 0.4) is 0 Å². The van der Waals surface area contributed by atoms with Gasteiger partial charge >= 0.3 is 0 Å². The summed E-state index contributed by atoms with van der Waals surface area (Å²) in [5.74, 6) is -1.38. The van der Waals surface area contributed by atoms with Gasteiger partial charge < -0.3 is 0 Å². The van der Waals surface area contributed by atoms with Gasteiger partial charge in [-0.15, -0.1) is 0 Å². The first-order valence-corrected chi connectivity index (χ1v) is 9.20. The minimum atomic E-state index is -0.562. The van der Waals surface area contributed by atoms with Crippen molar-refractivity contribution in [1.82, 2.24) is 0 Å². The Bertz CT molecular complexity index is 1060. The monoisotopic (exact) mass is 367 g/mol.